The van der Waals surface area contributed by atoms with Crippen LogP contribution < -0.4 is 0 Å². The monoisotopic (exact) mass is 489 g/mol. The molecule has 1 aliphatic heterocycles. The molecule has 0 aliphatic carbocycles. The molecule has 0 N–H and O–H groups in total. The van der Waals surface area contributed by atoms with Gasteiger partial charge in [-0.2, -0.15) is 0 Å². The minimum absolute atomic E-state index is 0.00276. The maximum absolute atomic E-state index is 12.6. The molecular weight excluding hydrogens is 454 g/mol. The summed E-state index contributed by atoms with van der Waals surface area (Å²) in [6.45, 7) is 3.46. The highest BCUT2D eigenvalue weighted by molar-refractivity contribution is 5.57. The zero-order valence-corrected chi connectivity index (χ0v) is 21.4. The summed E-state index contributed by atoms with van der Waals surface area (Å²) in [5, 5.41) is 0. The third-order valence-electron chi connectivity index (χ3n) is 7.50. The molecule has 4 aromatic carbocycles. The van der Waals surface area contributed by atoms with E-state index in [0.717, 1.165) is 32.5 Å². The Hall–Kier alpha value is -3.57. The van der Waals surface area contributed by atoms with Crippen LogP contribution in [0.5, 0.6) is 0 Å². The van der Waals surface area contributed by atoms with Crippen molar-refractivity contribution in [3.05, 3.63) is 144 Å². The molecule has 1 saturated heterocycles. The molecule has 0 spiro atoms. The summed E-state index contributed by atoms with van der Waals surface area (Å²) in [7, 11) is 2.08. The normalized spacial score (nSPS) is 15.8. The van der Waals surface area contributed by atoms with Gasteiger partial charge in [0.1, 0.15) is 6.17 Å². The first-order valence-electron chi connectivity index (χ1n) is 13.1. The summed E-state index contributed by atoms with van der Waals surface area (Å²) in [5.41, 5.74) is 4.99. The van der Waals surface area contributed by atoms with Gasteiger partial charge in [-0.25, -0.2) is 0 Å². The Morgan fingerprint density at radius 3 is 1.30 bits per heavy atom. The molecule has 0 radical (unpaired) electrons. The van der Waals surface area contributed by atoms with Gasteiger partial charge in [-0.3, -0.25) is 14.7 Å². The van der Waals surface area contributed by atoms with Gasteiger partial charge in [-0.15, -0.1) is 0 Å². The van der Waals surface area contributed by atoms with Crippen molar-refractivity contribution in [1.29, 1.82) is 0 Å². The number of likely N-dealkylation sites (N-methyl/N-ethyl adjacent to an activating group) is 1. The quantitative estimate of drug-likeness (QED) is 0.284. The van der Waals surface area contributed by atoms with Crippen LogP contribution >= 0.6 is 0 Å². The Balaban J connectivity index is 1.36. The summed E-state index contributed by atoms with van der Waals surface area (Å²) in [5.74, 6) is 0. The van der Waals surface area contributed by atoms with Crippen LogP contribution in [0.25, 0.3) is 0 Å². The number of rotatable bonds is 9. The molecule has 188 valence electrons. The molecule has 0 amide bonds. The number of benzene rings is 4. The van der Waals surface area contributed by atoms with E-state index in [9.17, 15) is 4.79 Å². The summed E-state index contributed by atoms with van der Waals surface area (Å²) in [6, 6.07) is 42.7. The van der Waals surface area contributed by atoms with E-state index >= 15 is 0 Å². The van der Waals surface area contributed by atoms with E-state index in [-0.39, 0.29) is 18.2 Å². The van der Waals surface area contributed by atoms with Gasteiger partial charge in [0.15, 0.2) is 6.29 Å². The fraction of sp³-hybridized carbons (Fsp3) is 0.242. The van der Waals surface area contributed by atoms with Crippen LogP contribution in [0.2, 0.25) is 0 Å². The van der Waals surface area contributed by atoms with Crippen molar-refractivity contribution in [3.63, 3.8) is 0 Å². The lowest BCUT2D eigenvalue weighted by Crippen LogP contribution is -2.57. The zero-order chi connectivity index (χ0) is 25.5. The number of hydrogen-bond acceptors (Lipinski definition) is 4. The molecule has 4 heteroatoms. The van der Waals surface area contributed by atoms with Crippen molar-refractivity contribution in [2.45, 2.75) is 18.2 Å². The number of piperazine rings is 1. The van der Waals surface area contributed by atoms with E-state index in [0.29, 0.717) is 0 Å². The van der Waals surface area contributed by atoms with Crippen molar-refractivity contribution >= 4 is 6.29 Å². The first-order chi connectivity index (χ1) is 18.3. The molecule has 4 nitrogen and oxygen atoms in total. The Labute approximate surface area is 220 Å². The number of nitrogens with zero attached hydrogens (tertiary/aromatic N) is 3. The second-order valence-electron chi connectivity index (χ2n) is 9.73. The van der Waals surface area contributed by atoms with Gasteiger partial charge in [0, 0.05) is 26.2 Å². The van der Waals surface area contributed by atoms with Crippen molar-refractivity contribution in [2.75, 3.05) is 33.2 Å². The third kappa shape index (κ3) is 5.72. The molecule has 1 heterocycles. The molecule has 0 bridgehead atoms. The van der Waals surface area contributed by atoms with Crippen LogP contribution in [0.1, 0.15) is 34.3 Å². The minimum Gasteiger partial charge on any atom is -0.300 e. The maximum atomic E-state index is 12.6. The molecular formula is C33H35N3O. The van der Waals surface area contributed by atoms with Gasteiger partial charge >= 0.3 is 0 Å². The van der Waals surface area contributed by atoms with E-state index in [1.54, 1.807) is 0 Å². The molecule has 0 aromatic heterocycles. The zero-order valence-electron chi connectivity index (χ0n) is 21.4. The summed E-state index contributed by atoms with van der Waals surface area (Å²) in [4.78, 5) is 19.7. The van der Waals surface area contributed by atoms with E-state index in [2.05, 4.69) is 131 Å². The van der Waals surface area contributed by atoms with E-state index in [4.69, 9.17) is 0 Å². The van der Waals surface area contributed by atoms with E-state index < -0.39 is 0 Å². The summed E-state index contributed by atoms with van der Waals surface area (Å²) in [6.07, 6.45) is 0.805. The molecule has 37 heavy (non-hydrogen) atoms. The number of carbonyl (C=O) groups is 1. The second-order valence-corrected chi connectivity index (χ2v) is 9.73. The third-order valence-corrected chi connectivity index (χ3v) is 7.50. The first-order valence-corrected chi connectivity index (χ1v) is 13.1. The average molecular weight is 490 g/mol. The van der Waals surface area contributed by atoms with E-state index in [1.807, 2.05) is 12.1 Å². The second kappa shape index (κ2) is 12.1. The van der Waals surface area contributed by atoms with Crippen molar-refractivity contribution < 1.29 is 4.79 Å². The fourth-order valence-electron chi connectivity index (χ4n) is 5.67. The van der Waals surface area contributed by atoms with Gasteiger partial charge < -0.3 is 4.79 Å². The topological polar surface area (TPSA) is 26.8 Å². The Kier molecular flexibility index (Phi) is 8.21. The smallest absolute Gasteiger partial charge is 0.151 e. The lowest BCUT2D eigenvalue weighted by atomic mass is 9.96. The molecule has 1 aliphatic rings. The van der Waals surface area contributed by atoms with E-state index in [1.165, 1.54) is 22.3 Å². The van der Waals surface area contributed by atoms with Crippen LogP contribution in [-0.4, -0.2) is 60.4 Å². The van der Waals surface area contributed by atoms with Gasteiger partial charge in [-0.05, 0) is 29.3 Å². The predicted octanol–water partition coefficient (Wildman–Crippen LogP) is 5.64. The van der Waals surface area contributed by atoms with Gasteiger partial charge in [0.25, 0.3) is 0 Å². The molecule has 1 unspecified atom stereocenters. The largest absolute Gasteiger partial charge is 0.300 e. The minimum atomic E-state index is -0.306. The van der Waals surface area contributed by atoms with Crippen LogP contribution in [0.15, 0.2) is 121 Å². The predicted molar refractivity (Wildman–Crippen MR) is 150 cm³/mol. The van der Waals surface area contributed by atoms with Crippen molar-refractivity contribution in [2.24, 2.45) is 0 Å². The lowest BCUT2D eigenvalue weighted by molar-refractivity contribution is -0.120. The Morgan fingerprint density at radius 1 is 0.568 bits per heavy atom. The summed E-state index contributed by atoms with van der Waals surface area (Å²) < 4.78 is 0. The van der Waals surface area contributed by atoms with Gasteiger partial charge in [-0.1, -0.05) is 121 Å². The van der Waals surface area contributed by atoms with Crippen molar-refractivity contribution in [3.8, 4) is 0 Å². The molecule has 1 fully saturated rings. The number of carbonyl (C=O) groups excluding carboxylic acids is 1. The Bertz CT molecular complexity index is 1150. The first kappa shape index (κ1) is 25.1. The number of hydrogen-bond donors (Lipinski definition) is 0. The molecule has 4 aromatic rings. The van der Waals surface area contributed by atoms with Crippen LogP contribution in [0, 0.1) is 0 Å². The fourth-order valence-corrected chi connectivity index (χ4v) is 5.67. The average Bonchev–Trinajstić information content (AvgIpc) is 2.97. The highest BCUT2D eigenvalue weighted by Crippen LogP contribution is 2.32. The van der Waals surface area contributed by atoms with Crippen LogP contribution in [0.4, 0.5) is 0 Å². The molecule has 0 saturated carbocycles. The summed E-state index contributed by atoms with van der Waals surface area (Å²) >= 11 is 0. The molecule has 1 atom stereocenters. The SMILES string of the molecule is CN(C(c1ccccc1)c1ccccc1)C(C=O)N1CCN(C(c2ccccc2)c2ccccc2)CC1. The van der Waals surface area contributed by atoms with Crippen molar-refractivity contribution in [1.82, 2.24) is 14.7 Å². The van der Waals surface area contributed by atoms with Crippen LogP contribution in [0.3, 0.4) is 0 Å². The highest BCUT2D eigenvalue weighted by atomic mass is 16.1. The Morgan fingerprint density at radius 2 is 0.919 bits per heavy atom. The lowest BCUT2D eigenvalue weighted by Gasteiger charge is -2.45. The van der Waals surface area contributed by atoms with Crippen LogP contribution in [-0.2, 0) is 4.79 Å². The molecule has 5 rings (SSSR count). The number of aldehydes is 1. The van der Waals surface area contributed by atoms with Gasteiger partial charge in [0.2, 0.25) is 0 Å². The maximum Gasteiger partial charge on any atom is 0.151 e. The standard InChI is InChI=1S/C33H35N3O/c1-34(32(27-14-6-2-7-15-27)28-16-8-3-9-17-28)31(26-37)35-22-24-36(25-23-35)33(29-18-10-4-11-19-29)30-20-12-5-13-21-30/h2-21,26,31-33H,22-25H2,1H3. The van der Waals surface area contributed by atoms with Gasteiger partial charge in [0.05, 0.1) is 12.1 Å². The highest BCUT2D eigenvalue weighted by Gasteiger charge is 2.33.